The van der Waals surface area contributed by atoms with Gasteiger partial charge in [0.15, 0.2) is 29.8 Å². The van der Waals surface area contributed by atoms with Gasteiger partial charge in [0, 0.05) is 33.9 Å². The second-order valence-electron chi connectivity index (χ2n) is 12.5. The highest BCUT2D eigenvalue weighted by Gasteiger charge is 2.54. The van der Waals surface area contributed by atoms with E-state index >= 15 is 0 Å². The predicted molar refractivity (Wildman–Crippen MR) is 212 cm³/mol. The highest BCUT2D eigenvalue weighted by atomic mass is 127. The number of carbonyl (C=O) groups excluding carboxylic acids is 2. The lowest BCUT2D eigenvalue weighted by Gasteiger charge is -2.49. The Morgan fingerprint density at radius 2 is 1.59 bits per heavy atom. The summed E-state index contributed by atoms with van der Waals surface area (Å²) < 4.78 is 14.4. The van der Waals surface area contributed by atoms with Gasteiger partial charge < -0.3 is 44.6 Å². The first-order valence-electron chi connectivity index (χ1n) is 17.2. The van der Waals surface area contributed by atoms with Gasteiger partial charge >= 0.3 is 5.97 Å². The Morgan fingerprint density at radius 3 is 2.12 bits per heavy atom. The molecule has 2 atom stereocenters. The normalized spacial score (nSPS) is 16.6. The number of nitrogens with zero attached hydrogens (tertiary/aromatic N) is 4. The minimum Gasteiger partial charge on any atom is -1.00 e. The van der Waals surface area contributed by atoms with Crippen molar-refractivity contribution in [3.8, 4) is 0 Å². The molecule has 1 fully saturated rings. The van der Waals surface area contributed by atoms with E-state index in [9.17, 15) is 23.9 Å². The number of hydrogen-bond acceptors (Lipinski definition) is 10. The number of thiazole rings is 1. The van der Waals surface area contributed by atoms with Gasteiger partial charge in [-0.1, -0.05) is 96.2 Å². The number of rotatable bonds is 15. The molecular formula is C40H36FIN6O5S3. The smallest absolute Gasteiger partial charge is 0.352 e. The van der Waals surface area contributed by atoms with Crippen LogP contribution in [0.2, 0.25) is 0 Å². The molecule has 0 spiro atoms. The molecule has 7 rings (SSSR count). The zero-order valence-electron chi connectivity index (χ0n) is 29.9. The first kappa shape index (κ1) is 40.9. The summed E-state index contributed by atoms with van der Waals surface area (Å²) in [6.45, 7) is -0.217. The van der Waals surface area contributed by atoms with E-state index in [2.05, 4.69) is 52.2 Å². The average Bonchev–Trinajstić information content (AvgIpc) is 3.69. The Bertz CT molecular complexity index is 2130. The molecular weight excluding hydrogens is 887 g/mol. The number of benzene rings is 3. The summed E-state index contributed by atoms with van der Waals surface area (Å²) in [6.07, 6.45) is 3.54. The number of aryl methyl sites for hydroxylation is 1. The number of alkyl halides is 1. The van der Waals surface area contributed by atoms with E-state index < -0.39 is 41.4 Å². The molecule has 3 aromatic carbocycles. The van der Waals surface area contributed by atoms with Crippen molar-refractivity contribution in [3.63, 3.8) is 0 Å². The minimum absolute atomic E-state index is 0. The Labute approximate surface area is 352 Å². The van der Waals surface area contributed by atoms with Crippen LogP contribution in [0.5, 0.6) is 0 Å². The molecule has 11 nitrogen and oxygen atoms in total. The molecule has 56 heavy (non-hydrogen) atoms. The maximum absolute atomic E-state index is 13.8. The van der Waals surface area contributed by atoms with Crippen molar-refractivity contribution in [2.75, 3.05) is 30.6 Å². The largest absolute Gasteiger partial charge is 1.00 e. The molecule has 2 aliphatic heterocycles. The van der Waals surface area contributed by atoms with Crippen molar-refractivity contribution in [3.05, 3.63) is 155 Å². The summed E-state index contributed by atoms with van der Waals surface area (Å²) in [5.74, 6) is -1.73. The molecule has 0 saturated carbocycles. The summed E-state index contributed by atoms with van der Waals surface area (Å²) in [7, 11) is 1.32. The van der Waals surface area contributed by atoms with E-state index in [0.717, 1.165) is 21.6 Å². The van der Waals surface area contributed by atoms with Crippen molar-refractivity contribution < 1.29 is 57.3 Å². The van der Waals surface area contributed by atoms with Crippen LogP contribution < -0.4 is 39.2 Å². The Hall–Kier alpha value is -4.78. The van der Waals surface area contributed by atoms with Gasteiger partial charge in [0.2, 0.25) is 0 Å². The van der Waals surface area contributed by atoms with Crippen LogP contribution >= 0.6 is 34.9 Å². The van der Waals surface area contributed by atoms with Crippen LogP contribution in [-0.4, -0.2) is 75.2 Å². The van der Waals surface area contributed by atoms with Gasteiger partial charge in [0.05, 0.1) is 0 Å². The summed E-state index contributed by atoms with van der Waals surface area (Å²) in [5, 5.41) is 22.2. The fraction of sp³-hybridized carbons (Fsp3) is 0.200. The second-order valence-corrected chi connectivity index (χ2v) is 15.5. The number of hydrogen-bond donors (Lipinski definition) is 3. The molecule has 3 N–H and O–H groups in total. The maximum atomic E-state index is 13.8. The quantitative estimate of drug-likeness (QED) is 0.0276. The number of β-lactam (4-membered cyclic amide) rings is 1. The minimum atomic E-state index is -1.21. The van der Waals surface area contributed by atoms with Gasteiger partial charge in [-0.15, -0.1) is 34.9 Å². The standard InChI is InChI=1S/C40H35FN6O5S3.HI/c1-52-45-32(31-25-55-39(42-31)44-40(27-11-5-2-6-12-27,28-13-7-3-8-14-28)29-15-9-4-10-16-29)35(48)43-33-36(49)47-34(38(50)51)26(24-54-37(33)47)23-53-30-17-20-46(21-18-30)22-19-41;/h2-18,20-21,25,33,37H,19,22-24H2,1H3,(H2-,42,43,44,48,50,51);1H/b45-32-;/t33-,37-;/m1./s1. The van der Waals surface area contributed by atoms with Crippen molar-refractivity contribution in [2.45, 2.75) is 28.4 Å². The van der Waals surface area contributed by atoms with E-state index in [4.69, 9.17) is 9.82 Å². The van der Waals surface area contributed by atoms with E-state index in [1.54, 1.807) is 22.3 Å². The zero-order valence-corrected chi connectivity index (χ0v) is 34.5. The molecule has 288 valence electrons. The number of oxime groups is 1. The Morgan fingerprint density at radius 1 is 1.00 bits per heavy atom. The lowest BCUT2D eigenvalue weighted by molar-refractivity contribution is -0.697. The number of carbonyl (C=O) groups is 3. The molecule has 0 unspecified atom stereocenters. The first-order valence-corrected chi connectivity index (χ1v) is 20.2. The van der Waals surface area contributed by atoms with Gasteiger partial charge in [-0.05, 0) is 22.3 Å². The van der Waals surface area contributed by atoms with Crippen LogP contribution in [0.4, 0.5) is 9.52 Å². The van der Waals surface area contributed by atoms with E-state index in [0.29, 0.717) is 22.2 Å². The zero-order chi connectivity index (χ0) is 38.4. The van der Waals surface area contributed by atoms with Crippen LogP contribution in [0.3, 0.4) is 0 Å². The van der Waals surface area contributed by atoms with Crippen molar-refractivity contribution in [1.82, 2.24) is 15.2 Å². The lowest BCUT2D eigenvalue weighted by Crippen LogP contribution is -3.00. The van der Waals surface area contributed by atoms with Gasteiger partial charge in [-0.2, -0.15) is 0 Å². The van der Waals surface area contributed by atoms with Crippen LogP contribution in [0, 0.1) is 0 Å². The predicted octanol–water partition coefficient (Wildman–Crippen LogP) is 2.69. The van der Waals surface area contributed by atoms with E-state index in [1.165, 1.54) is 46.9 Å². The number of pyridine rings is 1. The number of aliphatic carboxylic acids is 1. The topological polar surface area (TPSA) is 137 Å². The van der Waals surface area contributed by atoms with E-state index in [1.807, 2.05) is 66.7 Å². The van der Waals surface area contributed by atoms with Crippen LogP contribution in [0.25, 0.3) is 0 Å². The first-order chi connectivity index (χ1) is 26.8. The monoisotopic (exact) mass is 922 g/mol. The Balaban J connectivity index is 0.00000532. The molecule has 1 saturated heterocycles. The van der Waals surface area contributed by atoms with E-state index in [-0.39, 0.29) is 47.6 Å². The molecule has 16 heteroatoms. The number of amides is 2. The average molecular weight is 923 g/mol. The summed E-state index contributed by atoms with van der Waals surface area (Å²) in [6, 6.07) is 32.8. The summed E-state index contributed by atoms with van der Waals surface area (Å²) in [4.78, 5) is 51.8. The van der Waals surface area contributed by atoms with Gasteiger partial charge in [0.25, 0.3) is 11.8 Å². The summed E-state index contributed by atoms with van der Waals surface area (Å²) >= 11 is 4.11. The summed E-state index contributed by atoms with van der Waals surface area (Å²) in [5.41, 5.74) is 2.70. The van der Waals surface area contributed by atoms with Crippen LogP contribution in [0.15, 0.2) is 142 Å². The van der Waals surface area contributed by atoms with Crippen molar-refractivity contribution >= 4 is 63.5 Å². The number of anilines is 1. The molecule has 4 heterocycles. The van der Waals surface area contributed by atoms with Crippen LogP contribution in [0.1, 0.15) is 22.4 Å². The lowest BCUT2D eigenvalue weighted by atomic mass is 9.77. The van der Waals surface area contributed by atoms with Gasteiger partial charge in [-0.25, -0.2) is 18.7 Å². The number of carboxylic acids is 1. The van der Waals surface area contributed by atoms with Gasteiger partial charge in [0.1, 0.15) is 42.1 Å². The fourth-order valence-corrected chi connectivity index (χ4v) is 9.76. The molecule has 0 radical (unpaired) electrons. The Kier molecular flexibility index (Phi) is 13.5. The fourth-order valence-electron chi connectivity index (χ4n) is 6.64. The molecule has 2 aliphatic rings. The number of thioether (sulfide) groups is 2. The van der Waals surface area contributed by atoms with Crippen LogP contribution in [-0.2, 0) is 31.3 Å². The molecule has 2 aromatic heterocycles. The maximum Gasteiger partial charge on any atom is 0.352 e. The van der Waals surface area contributed by atoms with Crippen molar-refractivity contribution in [1.29, 1.82) is 0 Å². The number of halogens is 2. The highest BCUT2D eigenvalue weighted by molar-refractivity contribution is 8.01. The highest BCUT2D eigenvalue weighted by Crippen LogP contribution is 2.43. The number of aromatic nitrogens is 2. The number of nitrogens with one attached hydrogen (secondary N) is 2. The molecule has 0 aliphatic carbocycles. The number of carboxylic acid groups (broad SMARTS) is 1. The third-order valence-corrected chi connectivity index (χ3v) is 12.4. The number of fused-ring (bicyclic) bond motifs is 1. The molecule has 0 bridgehead atoms. The third-order valence-electron chi connectivity index (χ3n) is 9.21. The molecule has 5 aromatic rings. The SMILES string of the molecule is CO/N=C(\C(=O)N[C@@H]1C(=O)N2C(C(=O)O)=C(CSc3cc[n+](CCF)cc3)CS[C@H]12)c1csc(NC(c2ccccc2)(c2ccccc2)c2ccccc2)n1.[I-]. The third kappa shape index (κ3) is 8.33. The second kappa shape index (κ2) is 18.4. The van der Waals surface area contributed by atoms with Gasteiger partial charge in [-0.3, -0.25) is 14.5 Å². The molecule has 2 amide bonds. The van der Waals surface area contributed by atoms with Crippen molar-refractivity contribution in [2.24, 2.45) is 5.16 Å².